The standard InChI is InChI=1S/C21H26ClNO4/c1-12-9-17(10-13(2)20(12)22)27-15(4)21(24)23-14(3)18-11-16(25-5)7-8-19(18)26-6/h7-11,14-15H,1-6H3,(H,23,24). The number of halogens is 1. The van der Waals surface area contributed by atoms with Gasteiger partial charge in [-0.05, 0) is 69.2 Å². The van der Waals surface area contributed by atoms with E-state index in [2.05, 4.69) is 5.32 Å². The van der Waals surface area contributed by atoms with Gasteiger partial charge in [-0.1, -0.05) is 11.6 Å². The van der Waals surface area contributed by atoms with Crippen molar-refractivity contribution in [1.82, 2.24) is 5.32 Å². The number of benzene rings is 2. The van der Waals surface area contributed by atoms with Gasteiger partial charge >= 0.3 is 0 Å². The molecule has 0 fully saturated rings. The summed E-state index contributed by atoms with van der Waals surface area (Å²) < 4.78 is 16.5. The van der Waals surface area contributed by atoms with Gasteiger partial charge in [-0.2, -0.15) is 0 Å². The molecule has 1 amide bonds. The van der Waals surface area contributed by atoms with E-state index >= 15 is 0 Å². The number of hydrogen-bond acceptors (Lipinski definition) is 4. The summed E-state index contributed by atoms with van der Waals surface area (Å²) in [5.41, 5.74) is 2.65. The topological polar surface area (TPSA) is 56.8 Å². The van der Waals surface area contributed by atoms with Crippen LogP contribution in [-0.4, -0.2) is 26.2 Å². The first kappa shape index (κ1) is 20.9. The summed E-state index contributed by atoms with van der Waals surface area (Å²) in [6.07, 6.45) is -0.663. The summed E-state index contributed by atoms with van der Waals surface area (Å²) in [6, 6.07) is 8.86. The number of carbonyl (C=O) groups excluding carboxylic acids is 1. The Kier molecular flexibility index (Phi) is 6.97. The van der Waals surface area contributed by atoms with Crippen LogP contribution < -0.4 is 19.5 Å². The van der Waals surface area contributed by atoms with E-state index in [0.29, 0.717) is 22.3 Å². The van der Waals surface area contributed by atoms with E-state index in [9.17, 15) is 4.79 Å². The molecule has 0 aromatic heterocycles. The lowest BCUT2D eigenvalue weighted by Gasteiger charge is -2.21. The van der Waals surface area contributed by atoms with Gasteiger partial charge in [0.1, 0.15) is 17.2 Å². The van der Waals surface area contributed by atoms with Crippen molar-refractivity contribution in [3.05, 3.63) is 52.0 Å². The minimum Gasteiger partial charge on any atom is -0.497 e. The second-order valence-corrected chi connectivity index (χ2v) is 6.85. The third kappa shape index (κ3) is 5.07. The number of hydrogen-bond donors (Lipinski definition) is 1. The van der Waals surface area contributed by atoms with Crippen LogP contribution in [0.1, 0.15) is 36.6 Å². The molecule has 0 heterocycles. The maximum atomic E-state index is 12.6. The predicted molar refractivity (Wildman–Crippen MR) is 107 cm³/mol. The summed E-state index contributed by atoms with van der Waals surface area (Å²) >= 11 is 6.18. The van der Waals surface area contributed by atoms with Gasteiger partial charge in [-0.15, -0.1) is 0 Å². The molecule has 2 atom stereocenters. The molecule has 6 heteroatoms. The van der Waals surface area contributed by atoms with Gasteiger partial charge in [0, 0.05) is 10.6 Å². The Morgan fingerprint density at radius 3 is 2.19 bits per heavy atom. The molecule has 0 saturated carbocycles. The van der Waals surface area contributed by atoms with Crippen molar-refractivity contribution >= 4 is 17.5 Å². The molecule has 1 N–H and O–H groups in total. The van der Waals surface area contributed by atoms with E-state index in [1.807, 2.05) is 51.1 Å². The third-order valence-corrected chi connectivity index (χ3v) is 4.95. The van der Waals surface area contributed by atoms with Crippen molar-refractivity contribution in [2.75, 3.05) is 14.2 Å². The fourth-order valence-corrected chi connectivity index (χ4v) is 2.93. The molecule has 2 aromatic rings. The molecule has 5 nitrogen and oxygen atoms in total. The van der Waals surface area contributed by atoms with E-state index in [0.717, 1.165) is 16.7 Å². The van der Waals surface area contributed by atoms with Gasteiger partial charge in [-0.3, -0.25) is 4.79 Å². The second kappa shape index (κ2) is 9.00. The Balaban J connectivity index is 2.10. The number of methoxy groups -OCH3 is 2. The first-order valence-electron chi connectivity index (χ1n) is 8.72. The van der Waals surface area contributed by atoms with E-state index in [1.54, 1.807) is 21.1 Å². The largest absolute Gasteiger partial charge is 0.497 e. The summed E-state index contributed by atoms with van der Waals surface area (Å²) in [5, 5.41) is 3.66. The zero-order valence-corrected chi connectivity index (χ0v) is 17.3. The molecule has 0 aliphatic carbocycles. The Morgan fingerprint density at radius 2 is 1.63 bits per heavy atom. The molecule has 2 unspecified atom stereocenters. The Morgan fingerprint density at radius 1 is 1.00 bits per heavy atom. The van der Waals surface area contributed by atoms with Gasteiger partial charge < -0.3 is 19.5 Å². The lowest BCUT2D eigenvalue weighted by Crippen LogP contribution is -2.37. The molecule has 2 rings (SSSR count). The van der Waals surface area contributed by atoms with Crippen LogP contribution in [0.25, 0.3) is 0 Å². The fraction of sp³-hybridized carbons (Fsp3) is 0.381. The van der Waals surface area contributed by atoms with E-state index < -0.39 is 6.10 Å². The zero-order chi connectivity index (χ0) is 20.1. The summed E-state index contributed by atoms with van der Waals surface area (Å²) in [4.78, 5) is 12.6. The average Bonchev–Trinajstić information content (AvgIpc) is 2.65. The lowest BCUT2D eigenvalue weighted by atomic mass is 10.1. The van der Waals surface area contributed by atoms with Crippen molar-refractivity contribution in [1.29, 1.82) is 0 Å². The highest BCUT2D eigenvalue weighted by Gasteiger charge is 2.20. The molecule has 0 aliphatic rings. The molecular weight excluding hydrogens is 366 g/mol. The smallest absolute Gasteiger partial charge is 0.261 e. The van der Waals surface area contributed by atoms with Crippen molar-refractivity contribution < 1.29 is 19.0 Å². The Bertz CT molecular complexity index is 799. The molecule has 0 bridgehead atoms. The zero-order valence-electron chi connectivity index (χ0n) is 16.6. The summed E-state index contributed by atoms with van der Waals surface area (Å²) in [6.45, 7) is 7.41. The number of aryl methyl sites for hydroxylation is 2. The number of ether oxygens (including phenoxy) is 3. The molecular formula is C21H26ClNO4. The van der Waals surface area contributed by atoms with Gasteiger partial charge in [0.15, 0.2) is 6.10 Å². The highest BCUT2D eigenvalue weighted by atomic mass is 35.5. The number of amides is 1. The van der Waals surface area contributed by atoms with E-state index in [4.69, 9.17) is 25.8 Å². The first-order chi connectivity index (χ1) is 12.8. The number of carbonyl (C=O) groups is 1. The monoisotopic (exact) mass is 391 g/mol. The predicted octanol–water partition coefficient (Wildman–Crippen LogP) is 4.62. The van der Waals surface area contributed by atoms with Crippen LogP contribution in [0.4, 0.5) is 0 Å². The minimum absolute atomic E-state index is 0.224. The molecule has 27 heavy (non-hydrogen) atoms. The highest BCUT2D eigenvalue weighted by molar-refractivity contribution is 6.32. The fourth-order valence-electron chi connectivity index (χ4n) is 2.82. The SMILES string of the molecule is COc1ccc(OC)c(C(C)NC(=O)C(C)Oc2cc(C)c(Cl)c(C)c2)c1. The second-order valence-electron chi connectivity index (χ2n) is 6.47. The molecule has 2 aromatic carbocycles. The van der Waals surface area contributed by atoms with Crippen LogP contribution >= 0.6 is 11.6 Å². The molecule has 0 spiro atoms. The highest BCUT2D eigenvalue weighted by Crippen LogP contribution is 2.30. The van der Waals surface area contributed by atoms with Crippen molar-refractivity contribution in [2.24, 2.45) is 0 Å². The maximum absolute atomic E-state index is 12.6. The first-order valence-corrected chi connectivity index (χ1v) is 9.10. The van der Waals surface area contributed by atoms with Crippen molar-refractivity contribution in [3.63, 3.8) is 0 Å². The normalized spacial score (nSPS) is 12.9. The molecule has 0 radical (unpaired) electrons. The summed E-state index contributed by atoms with van der Waals surface area (Å²) in [5.74, 6) is 1.77. The lowest BCUT2D eigenvalue weighted by molar-refractivity contribution is -0.127. The minimum atomic E-state index is -0.663. The maximum Gasteiger partial charge on any atom is 0.261 e. The van der Waals surface area contributed by atoms with Gasteiger partial charge in [0.05, 0.1) is 20.3 Å². The third-order valence-electron chi connectivity index (χ3n) is 4.35. The van der Waals surface area contributed by atoms with Gasteiger partial charge in [0.2, 0.25) is 0 Å². The van der Waals surface area contributed by atoms with Crippen LogP contribution in [0.15, 0.2) is 30.3 Å². The van der Waals surface area contributed by atoms with Gasteiger partial charge in [0.25, 0.3) is 5.91 Å². The van der Waals surface area contributed by atoms with Crippen LogP contribution in [0.2, 0.25) is 5.02 Å². The number of rotatable bonds is 7. The van der Waals surface area contributed by atoms with Gasteiger partial charge in [-0.25, -0.2) is 0 Å². The molecule has 0 aliphatic heterocycles. The average molecular weight is 392 g/mol. The summed E-state index contributed by atoms with van der Waals surface area (Å²) in [7, 11) is 3.19. The van der Waals surface area contributed by atoms with Crippen molar-refractivity contribution in [3.8, 4) is 17.2 Å². The quantitative estimate of drug-likeness (QED) is 0.748. The molecule has 146 valence electrons. The number of nitrogens with one attached hydrogen (secondary N) is 1. The van der Waals surface area contributed by atoms with Crippen molar-refractivity contribution in [2.45, 2.75) is 39.8 Å². The Hall–Kier alpha value is -2.40. The van der Waals surface area contributed by atoms with Crippen LogP contribution in [0.3, 0.4) is 0 Å². The van der Waals surface area contributed by atoms with E-state index in [1.165, 1.54) is 0 Å². The van der Waals surface area contributed by atoms with E-state index in [-0.39, 0.29) is 11.9 Å². The van der Waals surface area contributed by atoms with Crippen LogP contribution in [0.5, 0.6) is 17.2 Å². The van der Waals surface area contributed by atoms with Crippen LogP contribution in [-0.2, 0) is 4.79 Å². The Labute approximate surface area is 165 Å². The molecule has 0 saturated heterocycles. The van der Waals surface area contributed by atoms with Crippen LogP contribution in [0, 0.1) is 13.8 Å².